The van der Waals surface area contributed by atoms with Gasteiger partial charge in [-0.1, -0.05) is 0 Å². The number of para-hydroxylation sites is 1. The van der Waals surface area contributed by atoms with Crippen LogP contribution in [0.5, 0.6) is 0 Å². The molecule has 21 heavy (non-hydrogen) atoms. The van der Waals surface area contributed by atoms with Gasteiger partial charge in [0.25, 0.3) is 0 Å². The number of allylic oxidation sites excluding steroid dienone is 4. The Morgan fingerprint density at radius 1 is 1.10 bits per heavy atom. The van der Waals surface area contributed by atoms with Gasteiger partial charge in [-0.2, -0.15) is 0 Å². The van der Waals surface area contributed by atoms with Crippen LogP contribution in [0.4, 0.5) is 0 Å². The number of rotatable bonds is 2. The zero-order chi connectivity index (χ0) is 13.4. The maximum absolute atomic E-state index is 3.66. The monoisotopic (exact) mass is 411 g/mol. The van der Waals surface area contributed by atoms with Crippen LogP contribution in [0.15, 0.2) is 45.8 Å². The Morgan fingerprint density at radius 2 is 1.81 bits per heavy atom. The molecule has 108 valence electrons. The third kappa shape index (κ3) is 3.76. The molecule has 0 amide bonds. The van der Waals surface area contributed by atoms with E-state index in [-0.39, 0.29) is 33.2 Å². The molecule has 0 aliphatic heterocycles. The van der Waals surface area contributed by atoms with Crippen LogP contribution in [-0.2, 0) is 23.2 Å². The first-order chi connectivity index (χ1) is 9.16. The summed E-state index contributed by atoms with van der Waals surface area (Å²) in [6, 6.07) is 8.65. The van der Waals surface area contributed by atoms with E-state index >= 15 is 0 Å². The molecule has 0 bridgehead atoms. The molecule has 0 radical (unpaired) electrons. The average molecular weight is 414 g/mol. The zero-order valence-corrected chi connectivity index (χ0v) is 17.3. The van der Waals surface area contributed by atoms with Crippen molar-refractivity contribution in [1.29, 1.82) is 0 Å². The molecule has 3 rings (SSSR count). The largest absolute Gasteiger partial charge is 1.00 e. The molecule has 1 aromatic heterocycles. The smallest absolute Gasteiger partial charge is 1.00 e. The summed E-state index contributed by atoms with van der Waals surface area (Å²) < 4.78 is 3.19. The van der Waals surface area contributed by atoms with Crippen molar-refractivity contribution in [3.05, 3.63) is 51.3 Å². The van der Waals surface area contributed by atoms with Crippen molar-refractivity contribution in [3.8, 4) is 0 Å². The van der Waals surface area contributed by atoms with Crippen molar-refractivity contribution in [3.63, 3.8) is 0 Å². The van der Waals surface area contributed by atoms with Crippen molar-refractivity contribution in [2.75, 3.05) is 0 Å². The molecule has 0 fully saturated rings. The Balaban J connectivity index is 0.00000110. The molecule has 1 aliphatic carbocycles. The van der Waals surface area contributed by atoms with Crippen LogP contribution in [0.1, 0.15) is 5.56 Å². The van der Waals surface area contributed by atoms with Gasteiger partial charge in [0.05, 0.1) is 0 Å². The van der Waals surface area contributed by atoms with Gasteiger partial charge in [-0.05, 0) is 0 Å². The van der Waals surface area contributed by atoms with Crippen LogP contribution < -0.4 is 28.2 Å². The van der Waals surface area contributed by atoms with E-state index in [0.29, 0.717) is 0 Å². The van der Waals surface area contributed by atoms with E-state index in [1.165, 1.54) is 19.9 Å². The minimum Gasteiger partial charge on any atom is -1.00 e. The molecule has 5 heteroatoms. The molecule has 0 unspecified atom stereocenters. The molecule has 1 N–H and O–H groups in total. The number of aryl methyl sites for hydroxylation is 1. The van der Waals surface area contributed by atoms with Gasteiger partial charge in [-0.15, -0.1) is 0 Å². The summed E-state index contributed by atoms with van der Waals surface area (Å²) in [7, 11) is -0.332. The molecule has 1 aromatic carbocycles. The fourth-order valence-electron chi connectivity index (χ4n) is 2.51. The van der Waals surface area contributed by atoms with Crippen molar-refractivity contribution >= 4 is 27.9 Å². The average Bonchev–Trinajstić information content (AvgIpc) is 2.97. The third-order valence-electron chi connectivity index (χ3n) is 3.58. The quantitative estimate of drug-likeness (QED) is 0.511. The van der Waals surface area contributed by atoms with Crippen LogP contribution in [0, 0.1) is 6.92 Å². The number of aromatic amines is 1. The Hall–Kier alpha value is -0.210. The Labute approximate surface area is 151 Å². The van der Waals surface area contributed by atoms with Gasteiger partial charge < -0.3 is 24.8 Å². The van der Waals surface area contributed by atoms with Crippen molar-refractivity contribution in [2.24, 2.45) is 0 Å². The predicted molar refractivity (Wildman–Crippen MR) is 82.4 cm³/mol. The zero-order valence-electron chi connectivity index (χ0n) is 12.3. The topological polar surface area (TPSA) is 15.8 Å². The number of H-pyrrole nitrogens is 1. The summed E-state index contributed by atoms with van der Waals surface area (Å²) in [5.41, 5.74) is 2.76. The number of hydrogen-bond donors (Lipinski definition) is 1. The minimum absolute atomic E-state index is 0. The SMILES string of the molecule is Cc1[c]([Zr+2][C]2=CC=CC2=[Si](C)C)[nH]c2ccccc12.[Cl-].[Cl-]. The molecule has 0 saturated carbocycles. The van der Waals surface area contributed by atoms with E-state index in [0.717, 1.165) is 0 Å². The van der Waals surface area contributed by atoms with Gasteiger partial charge in [0.2, 0.25) is 0 Å². The normalized spacial score (nSPS) is 12.5. The number of nitrogens with one attached hydrogen (secondary N) is 1. The van der Waals surface area contributed by atoms with Gasteiger partial charge in [-0.25, -0.2) is 0 Å². The fraction of sp³-hybridized carbons (Fsp3) is 0.188. The van der Waals surface area contributed by atoms with E-state index in [1.54, 1.807) is 8.45 Å². The molecular weight excluding hydrogens is 396 g/mol. The molecular formula is C16H17Cl2NSiZr. The summed E-state index contributed by atoms with van der Waals surface area (Å²) in [6.07, 6.45) is 6.92. The number of aromatic nitrogens is 1. The molecule has 0 saturated heterocycles. The summed E-state index contributed by atoms with van der Waals surface area (Å²) >= 11 is -0.697. The Bertz CT molecular complexity index is 740. The van der Waals surface area contributed by atoms with E-state index in [1.807, 2.05) is 0 Å². The van der Waals surface area contributed by atoms with Crippen LogP contribution in [0.2, 0.25) is 13.1 Å². The van der Waals surface area contributed by atoms with Crippen molar-refractivity contribution in [2.45, 2.75) is 20.0 Å². The molecule has 2 aromatic rings. The standard InChI is InChI=1S/C9H8N.C7H9Si.2ClH.Zr/c1-7-6-10-9-5-3-2-4-8(7)9;1-8(2)7-5-3-4-6-7;;;/h2-5,10H,1H3;3-5H,1-2H3;2*1H;/q;;;;+2/p-2. The predicted octanol–water partition coefficient (Wildman–Crippen LogP) is -2.85. The fourth-order valence-corrected chi connectivity index (χ4v) is 8.69. The van der Waals surface area contributed by atoms with Gasteiger partial charge in [0, 0.05) is 0 Å². The maximum atomic E-state index is 3.66. The first-order valence-electron chi connectivity index (χ1n) is 6.57. The number of hydrogen-bond acceptors (Lipinski definition) is 0. The minimum atomic E-state index is -0.697. The number of halogens is 2. The van der Waals surface area contributed by atoms with Crippen LogP contribution in [0.3, 0.4) is 0 Å². The maximum Gasteiger partial charge on any atom is -1.00 e. The van der Waals surface area contributed by atoms with Gasteiger partial charge in [-0.3, -0.25) is 0 Å². The van der Waals surface area contributed by atoms with Crippen LogP contribution in [-0.4, -0.2) is 18.6 Å². The van der Waals surface area contributed by atoms with Crippen molar-refractivity contribution in [1.82, 2.24) is 4.98 Å². The van der Waals surface area contributed by atoms with Crippen LogP contribution >= 0.6 is 0 Å². The van der Waals surface area contributed by atoms with E-state index in [2.05, 4.69) is 67.5 Å². The molecule has 1 aliphatic rings. The molecule has 0 spiro atoms. The molecule has 1 nitrogen and oxygen atoms in total. The first kappa shape index (κ1) is 18.8. The van der Waals surface area contributed by atoms with E-state index in [4.69, 9.17) is 0 Å². The molecule has 1 heterocycles. The second kappa shape index (κ2) is 7.87. The summed E-state index contributed by atoms with van der Waals surface area (Å²) in [4.78, 5) is 3.66. The Morgan fingerprint density at radius 3 is 2.48 bits per heavy atom. The summed E-state index contributed by atoms with van der Waals surface area (Å²) in [6.45, 7) is 7.04. The van der Waals surface area contributed by atoms with E-state index in [9.17, 15) is 0 Å². The summed E-state index contributed by atoms with van der Waals surface area (Å²) in [5.74, 6) is 0. The second-order valence-electron chi connectivity index (χ2n) is 5.15. The molecule has 0 atom stereocenters. The van der Waals surface area contributed by atoms with E-state index < -0.39 is 23.2 Å². The van der Waals surface area contributed by atoms with Gasteiger partial charge in [0.1, 0.15) is 0 Å². The second-order valence-corrected chi connectivity index (χ2v) is 10.9. The van der Waals surface area contributed by atoms with Crippen LogP contribution in [0.25, 0.3) is 10.9 Å². The number of fused-ring (bicyclic) bond motifs is 1. The van der Waals surface area contributed by atoms with Gasteiger partial charge in [0.15, 0.2) is 0 Å². The first-order valence-corrected chi connectivity index (χ1v) is 11.5. The van der Waals surface area contributed by atoms with Crippen molar-refractivity contribution < 1.29 is 48.0 Å². The third-order valence-corrected chi connectivity index (χ3v) is 9.29. The summed E-state index contributed by atoms with van der Waals surface area (Å²) in [5, 5.41) is 3.04. The Kier molecular flexibility index (Phi) is 7.06. The number of benzene rings is 1. The van der Waals surface area contributed by atoms with Gasteiger partial charge >= 0.3 is 127 Å².